The van der Waals surface area contributed by atoms with E-state index in [0.29, 0.717) is 6.54 Å². The molecule has 1 aliphatic rings. The summed E-state index contributed by atoms with van der Waals surface area (Å²) in [6.07, 6.45) is 1.24. The molecular weight excluding hydrogens is 170 g/mol. The lowest BCUT2D eigenvalue weighted by Crippen LogP contribution is -2.37. The minimum Gasteiger partial charge on any atom is -0.478 e. The van der Waals surface area contributed by atoms with Crippen molar-refractivity contribution in [2.75, 3.05) is 19.6 Å². The molecule has 2 N–H and O–H groups in total. The fourth-order valence-electron chi connectivity index (χ4n) is 1.41. The molecule has 1 saturated heterocycles. The van der Waals surface area contributed by atoms with Gasteiger partial charge >= 0.3 is 5.97 Å². The van der Waals surface area contributed by atoms with Crippen molar-refractivity contribution in [2.45, 2.75) is 18.9 Å². The van der Waals surface area contributed by atoms with Crippen molar-refractivity contribution in [3.8, 4) is 0 Å². The van der Waals surface area contributed by atoms with Gasteiger partial charge in [-0.05, 0) is 12.8 Å². The Morgan fingerprint density at radius 3 is 2.46 bits per heavy atom. The Balaban J connectivity index is 2.30. The largest absolute Gasteiger partial charge is 0.478 e. The Bertz CT molecular complexity index is 207. The molecule has 0 atom stereocenters. The van der Waals surface area contributed by atoms with Gasteiger partial charge in [-0.3, -0.25) is 4.90 Å². The zero-order valence-corrected chi connectivity index (χ0v) is 7.57. The van der Waals surface area contributed by atoms with E-state index in [-0.39, 0.29) is 11.7 Å². The first-order valence-electron chi connectivity index (χ1n) is 4.41. The minimum absolute atomic E-state index is 0.214. The summed E-state index contributed by atoms with van der Waals surface area (Å²) < 4.78 is 0. The number of aliphatic hydroxyl groups is 1. The molecule has 0 amide bonds. The summed E-state index contributed by atoms with van der Waals surface area (Å²) in [6.45, 7) is 5.38. The number of carboxylic acid groups (broad SMARTS) is 1. The molecule has 1 rings (SSSR count). The Morgan fingerprint density at radius 1 is 1.46 bits per heavy atom. The monoisotopic (exact) mass is 185 g/mol. The van der Waals surface area contributed by atoms with Crippen LogP contribution in [0.25, 0.3) is 0 Å². The van der Waals surface area contributed by atoms with Crippen molar-refractivity contribution in [3.05, 3.63) is 12.2 Å². The third-order valence-corrected chi connectivity index (χ3v) is 2.27. The highest BCUT2D eigenvalue weighted by Gasteiger charge is 2.18. The van der Waals surface area contributed by atoms with Crippen LogP contribution in [-0.4, -0.2) is 46.8 Å². The minimum atomic E-state index is -0.939. The Kier molecular flexibility index (Phi) is 3.45. The second kappa shape index (κ2) is 4.39. The van der Waals surface area contributed by atoms with Gasteiger partial charge in [-0.15, -0.1) is 0 Å². The maximum atomic E-state index is 10.5. The Labute approximate surface area is 77.5 Å². The molecule has 0 radical (unpaired) electrons. The van der Waals surface area contributed by atoms with Crippen molar-refractivity contribution in [2.24, 2.45) is 0 Å². The molecule has 1 fully saturated rings. The topological polar surface area (TPSA) is 60.8 Å². The normalized spacial score (nSPS) is 20.1. The van der Waals surface area contributed by atoms with Crippen LogP contribution in [0, 0.1) is 0 Å². The molecular formula is C9H15NO3. The first-order valence-corrected chi connectivity index (χ1v) is 4.41. The molecule has 0 saturated carbocycles. The van der Waals surface area contributed by atoms with Gasteiger partial charge < -0.3 is 10.2 Å². The Hall–Kier alpha value is -0.870. The molecule has 1 aliphatic heterocycles. The number of carbonyl (C=O) groups is 1. The number of hydrogen-bond acceptors (Lipinski definition) is 3. The highest BCUT2D eigenvalue weighted by atomic mass is 16.4. The average molecular weight is 185 g/mol. The average Bonchev–Trinajstić information content (AvgIpc) is 2.08. The fraction of sp³-hybridized carbons (Fsp3) is 0.667. The molecule has 0 aromatic carbocycles. The lowest BCUT2D eigenvalue weighted by atomic mass is 10.1. The third-order valence-electron chi connectivity index (χ3n) is 2.27. The summed E-state index contributed by atoms with van der Waals surface area (Å²) in [5, 5.41) is 17.8. The van der Waals surface area contributed by atoms with Gasteiger partial charge in [0.25, 0.3) is 0 Å². The number of likely N-dealkylation sites (tertiary alicyclic amines) is 1. The van der Waals surface area contributed by atoms with Crippen molar-refractivity contribution in [1.29, 1.82) is 0 Å². The quantitative estimate of drug-likeness (QED) is 0.611. The first-order chi connectivity index (χ1) is 6.09. The molecule has 0 bridgehead atoms. The van der Waals surface area contributed by atoms with Gasteiger partial charge in [0, 0.05) is 25.2 Å². The van der Waals surface area contributed by atoms with Crippen LogP contribution in [0.3, 0.4) is 0 Å². The van der Waals surface area contributed by atoms with Crippen LogP contribution in [0.4, 0.5) is 0 Å². The maximum absolute atomic E-state index is 10.5. The summed E-state index contributed by atoms with van der Waals surface area (Å²) in [5.41, 5.74) is 0.219. The summed E-state index contributed by atoms with van der Waals surface area (Å²) in [6, 6.07) is 0. The number of nitrogens with zero attached hydrogens (tertiary/aromatic N) is 1. The molecule has 74 valence electrons. The zero-order valence-electron chi connectivity index (χ0n) is 7.57. The van der Waals surface area contributed by atoms with E-state index in [2.05, 4.69) is 6.58 Å². The van der Waals surface area contributed by atoms with E-state index in [4.69, 9.17) is 5.11 Å². The molecule has 0 spiro atoms. The van der Waals surface area contributed by atoms with Gasteiger partial charge in [-0.2, -0.15) is 0 Å². The van der Waals surface area contributed by atoms with Crippen LogP contribution < -0.4 is 0 Å². The number of aliphatic hydroxyl groups excluding tert-OH is 1. The molecule has 4 heteroatoms. The van der Waals surface area contributed by atoms with E-state index in [9.17, 15) is 9.90 Å². The lowest BCUT2D eigenvalue weighted by Gasteiger charge is -2.29. The number of piperidine rings is 1. The van der Waals surface area contributed by atoms with Gasteiger partial charge in [0.2, 0.25) is 0 Å². The molecule has 0 aliphatic carbocycles. The molecule has 1 heterocycles. The standard InChI is InChI=1S/C9H15NO3/c1-7(9(12)13)6-10-4-2-8(11)3-5-10/h8,11H,1-6H2,(H,12,13). The molecule has 4 nitrogen and oxygen atoms in total. The highest BCUT2D eigenvalue weighted by Crippen LogP contribution is 2.10. The molecule has 13 heavy (non-hydrogen) atoms. The predicted octanol–water partition coefficient (Wildman–Crippen LogP) is 0.0839. The molecule has 0 unspecified atom stereocenters. The maximum Gasteiger partial charge on any atom is 0.332 e. The van der Waals surface area contributed by atoms with Crippen molar-refractivity contribution in [1.82, 2.24) is 4.90 Å². The van der Waals surface area contributed by atoms with E-state index in [0.717, 1.165) is 25.9 Å². The summed E-state index contributed by atoms with van der Waals surface area (Å²) in [7, 11) is 0. The summed E-state index contributed by atoms with van der Waals surface area (Å²) >= 11 is 0. The van der Waals surface area contributed by atoms with Gasteiger partial charge in [-0.25, -0.2) is 4.79 Å². The van der Waals surface area contributed by atoms with E-state index >= 15 is 0 Å². The summed E-state index contributed by atoms with van der Waals surface area (Å²) in [5.74, 6) is -0.939. The molecule has 0 aromatic rings. The van der Waals surface area contributed by atoms with E-state index in [1.807, 2.05) is 4.90 Å². The number of aliphatic carboxylic acids is 1. The van der Waals surface area contributed by atoms with Gasteiger partial charge in [0.05, 0.1) is 6.10 Å². The molecule has 0 aromatic heterocycles. The van der Waals surface area contributed by atoms with Gasteiger partial charge in [-0.1, -0.05) is 6.58 Å². The Morgan fingerprint density at radius 2 is 2.00 bits per heavy atom. The smallest absolute Gasteiger partial charge is 0.332 e. The number of carboxylic acids is 1. The third kappa shape index (κ3) is 3.16. The lowest BCUT2D eigenvalue weighted by molar-refractivity contribution is -0.132. The first kappa shape index (κ1) is 10.2. The van der Waals surface area contributed by atoms with Crippen LogP contribution in [0.15, 0.2) is 12.2 Å². The predicted molar refractivity (Wildman–Crippen MR) is 48.5 cm³/mol. The van der Waals surface area contributed by atoms with Crippen LogP contribution in [0.1, 0.15) is 12.8 Å². The van der Waals surface area contributed by atoms with Crippen molar-refractivity contribution < 1.29 is 15.0 Å². The van der Waals surface area contributed by atoms with Crippen LogP contribution in [-0.2, 0) is 4.79 Å². The summed E-state index contributed by atoms with van der Waals surface area (Å²) in [4.78, 5) is 12.5. The van der Waals surface area contributed by atoms with Gasteiger partial charge in [0.1, 0.15) is 0 Å². The number of hydrogen-bond donors (Lipinski definition) is 2. The van der Waals surface area contributed by atoms with E-state index < -0.39 is 5.97 Å². The van der Waals surface area contributed by atoms with E-state index in [1.165, 1.54) is 0 Å². The van der Waals surface area contributed by atoms with Crippen molar-refractivity contribution >= 4 is 5.97 Å². The van der Waals surface area contributed by atoms with Gasteiger partial charge in [0.15, 0.2) is 0 Å². The SMILES string of the molecule is C=C(CN1CCC(O)CC1)C(=O)O. The fourth-order valence-corrected chi connectivity index (χ4v) is 1.41. The number of rotatable bonds is 3. The van der Waals surface area contributed by atoms with E-state index in [1.54, 1.807) is 0 Å². The highest BCUT2D eigenvalue weighted by molar-refractivity contribution is 5.86. The van der Waals surface area contributed by atoms with Crippen molar-refractivity contribution in [3.63, 3.8) is 0 Å². The van der Waals surface area contributed by atoms with Crippen LogP contribution in [0.5, 0.6) is 0 Å². The van der Waals surface area contributed by atoms with Crippen LogP contribution in [0.2, 0.25) is 0 Å². The second-order valence-corrected chi connectivity index (χ2v) is 3.42. The zero-order chi connectivity index (χ0) is 9.84. The second-order valence-electron chi connectivity index (χ2n) is 3.42. The van der Waals surface area contributed by atoms with Crippen LogP contribution >= 0.6 is 0 Å².